The van der Waals surface area contributed by atoms with E-state index in [9.17, 15) is 0 Å². The molecule has 0 radical (unpaired) electrons. The summed E-state index contributed by atoms with van der Waals surface area (Å²) in [6.45, 7) is 3.02. The molecule has 0 amide bonds. The van der Waals surface area contributed by atoms with Gasteiger partial charge in [-0.05, 0) is 77.4 Å². The van der Waals surface area contributed by atoms with Crippen LogP contribution in [0, 0.1) is 11.6 Å². The van der Waals surface area contributed by atoms with Crippen LogP contribution in [0.4, 0.5) is 8.78 Å². The third kappa shape index (κ3) is 6.40. The molecule has 2 aromatic heterocycles. The lowest BCUT2D eigenvalue weighted by atomic mass is 10.1. The average Bonchev–Trinajstić information content (AvgIpc) is 3.53. The number of aromatic amines is 2. The monoisotopic (exact) mass is 548 g/mol. The lowest BCUT2D eigenvalue weighted by molar-refractivity contribution is 0.282. The summed E-state index contributed by atoms with van der Waals surface area (Å²) in [4.78, 5) is 19.3. The predicted molar refractivity (Wildman–Crippen MR) is 154 cm³/mol. The van der Waals surface area contributed by atoms with Gasteiger partial charge in [0, 0.05) is 25.2 Å². The van der Waals surface area contributed by atoms with Gasteiger partial charge in [0.25, 0.3) is 0 Å². The van der Waals surface area contributed by atoms with Crippen molar-refractivity contribution in [2.75, 3.05) is 54.5 Å². The molecule has 3 aromatic carbocycles. The molecule has 0 bridgehead atoms. The Hall–Kier alpha value is -4.02. The SMILES string of the molecule is CN(C)CCCOc1ccc2nc(-c3cc(F)c(-c4nc5ccc(OCCCN(C)C)cc5[nH]4)cc3F)[nH]c2c1. The van der Waals surface area contributed by atoms with Crippen LogP contribution in [-0.4, -0.2) is 84.2 Å². The summed E-state index contributed by atoms with van der Waals surface area (Å²) < 4.78 is 42.3. The Labute approximate surface area is 231 Å². The molecule has 0 aliphatic heterocycles. The molecule has 2 heterocycles. The van der Waals surface area contributed by atoms with Crippen molar-refractivity contribution in [1.82, 2.24) is 29.7 Å². The summed E-state index contributed by atoms with van der Waals surface area (Å²) in [5, 5.41) is 0. The molecule has 5 rings (SSSR count). The fraction of sp³-hybridized carbons (Fsp3) is 0.333. The van der Waals surface area contributed by atoms with E-state index in [-0.39, 0.29) is 22.8 Å². The zero-order chi connectivity index (χ0) is 28.2. The van der Waals surface area contributed by atoms with Gasteiger partial charge >= 0.3 is 0 Å². The highest BCUT2D eigenvalue weighted by molar-refractivity contribution is 5.83. The molecule has 0 saturated heterocycles. The van der Waals surface area contributed by atoms with E-state index in [2.05, 4.69) is 29.7 Å². The lowest BCUT2D eigenvalue weighted by Crippen LogP contribution is -2.15. The minimum Gasteiger partial charge on any atom is -0.493 e. The Morgan fingerprint density at radius 1 is 0.650 bits per heavy atom. The Morgan fingerprint density at radius 3 is 1.48 bits per heavy atom. The van der Waals surface area contributed by atoms with Gasteiger partial charge in [0.05, 0.1) is 46.4 Å². The highest BCUT2D eigenvalue weighted by atomic mass is 19.1. The number of imidazole rings is 2. The molecular weight excluding hydrogens is 514 g/mol. The normalized spacial score (nSPS) is 11.8. The molecule has 5 aromatic rings. The molecular formula is C30H34F2N6O2. The van der Waals surface area contributed by atoms with Gasteiger partial charge in [0.15, 0.2) is 0 Å². The van der Waals surface area contributed by atoms with Crippen LogP contribution in [-0.2, 0) is 0 Å². The van der Waals surface area contributed by atoms with Crippen molar-refractivity contribution in [2.24, 2.45) is 0 Å². The first-order valence-electron chi connectivity index (χ1n) is 13.3. The van der Waals surface area contributed by atoms with Gasteiger partial charge in [-0.3, -0.25) is 0 Å². The number of halogens is 2. The van der Waals surface area contributed by atoms with E-state index in [1.54, 1.807) is 12.1 Å². The second-order valence-corrected chi connectivity index (χ2v) is 10.4. The lowest BCUT2D eigenvalue weighted by Gasteiger charge is -2.10. The van der Waals surface area contributed by atoms with E-state index in [1.807, 2.05) is 52.5 Å². The van der Waals surface area contributed by atoms with Crippen molar-refractivity contribution in [2.45, 2.75) is 12.8 Å². The number of benzene rings is 3. The van der Waals surface area contributed by atoms with E-state index in [0.717, 1.165) is 38.1 Å². The minimum atomic E-state index is -0.610. The Balaban J connectivity index is 1.34. The maximum Gasteiger partial charge on any atom is 0.141 e. The number of hydrogen-bond donors (Lipinski definition) is 2. The van der Waals surface area contributed by atoms with Crippen LogP contribution in [0.25, 0.3) is 44.8 Å². The highest BCUT2D eigenvalue weighted by Crippen LogP contribution is 2.32. The molecule has 8 nitrogen and oxygen atoms in total. The Bertz CT molecular complexity index is 1490. The number of rotatable bonds is 12. The number of nitrogens with zero attached hydrogens (tertiary/aromatic N) is 4. The zero-order valence-electron chi connectivity index (χ0n) is 23.2. The first-order valence-corrected chi connectivity index (χ1v) is 13.3. The standard InChI is InChI=1S/C30H34F2N6O2/c1-37(2)11-5-13-39-19-7-9-25-27(15-19)35-29(33-25)21-17-24(32)22(18-23(21)31)30-34-26-10-8-20(16-28(26)36-30)40-14-6-12-38(3)4/h7-10,15-18H,5-6,11-14H2,1-4H3,(H,33,35)(H,34,36). The van der Waals surface area contributed by atoms with Crippen LogP contribution >= 0.6 is 0 Å². The van der Waals surface area contributed by atoms with Crippen LogP contribution < -0.4 is 9.47 Å². The van der Waals surface area contributed by atoms with Gasteiger partial charge in [-0.15, -0.1) is 0 Å². The number of H-pyrrole nitrogens is 2. The molecule has 0 atom stereocenters. The molecule has 40 heavy (non-hydrogen) atoms. The van der Waals surface area contributed by atoms with E-state index < -0.39 is 11.6 Å². The maximum atomic E-state index is 15.3. The van der Waals surface area contributed by atoms with Crippen LogP contribution in [0.5, 0.6) is 11.5 Å². The second kappa shape index (κ2) is 12.0. The van der Waals surface area contributed by atoms with E-state index in [0.29, 0.717) is 46.8 Å². The van der Waals surface area contributed by atoms with Gasteiger partial charge in [-0.1, -0.05) is 0 Å². The van der Waals surface area contributed by atoms with E-state index >= 15 is 8.78 Å². The van der Waals surface area contributed by atoms with Crippen LogP contribution in [0.15, 0.2) is 48.5 Å². The highest BCUT2D eigenvalue weighted by Gasteiger charge is 2.18. The van der Waals surface area contributed by atoms with Crippen LogP contribution in [0.1, 0.15) is 12.8 Å². The molecule has 2 N–H and O–H groups in total. The topological polar surface area (TPSA) is 82.3 Å². The van der Waals surface area contributed by atoms with Crippen molar-refractivity contribution in [1.29, 1.82) is 0 Å². The summed E-state index contributed by atoms with van der Waals surface area (Å²) in [6, 6.07) is 13.2. The predicted octanol–water partition coefficient (Wildman–Crippen LogP) is 5.71. The van der Waals surface area contributed by atoms with Crippen molar-refractivity contribution in [3.05, 3.63) is 60.2 Å². The van der Waals surface area contributed by atoms with Crippen LogP contribution in [0.3, 0.4) is 0 Å². The Kier molecular flexibility index (Phi) is 8.27. The molecule has 10 heteroatoms. The third-order valence-electron chi connectivity index (χ3n) is 6.51. The van der Waals surface area contributed by atoms with Gasteiger partial charge in [0.1, 0.15) is 34.8 Å². The third-order valence-corrected chi connectivity index (χ3v) is 6.51. The smallest absolute Gasteiger partial charge is 0.141 e. The summed E-state index contributed by atoms with van der Waals surface area (Å²) >= 11 is 0. The molecule has 0 unspecified atom stereocenters. The molecule has 0 saturated carbocycles. The van der Waals surface area contributed by atoms with Gasteiger partial charge in [0.2, 0.25) is 0 Å². The summed E-state index contributed by atoms with van der Waals surface area (Å²) in [6.07, 6.45) is 1.79. The minimum absolute atomic E-state index is 0.0374. The molecule has 0 fully saturated rings. The summed E-state index contributed by atoms with van der Waals surface area (Å²) in [7, 11) is 8.07. The fourth-order valence-corrected chi connectivity index (χ4v) is 4.46. The number of aromatic nitrogens is 4. The van der Waals surface area contributed by atoms with Gasteiger partial charge in [-0.25, -0.2) is 18.7 Å². The van der Waals surface area contributed by atoms with E-state index in [1.165, 1.54) is 0 Å². The molecule has 210 valence electrons. The summed E-state index contributed by atoms with van der Waals surface area (Å²) in [5.41, 5.74) is 2.71. The summed E-state index contributed by atoms with van der Waals surface area (Å²) in [5.74, 6) is 0.639. The quantitative estimate of drug-likeness (QED) is 0.194. The van der Waals surface area contributed by atoms with E-state index in [4.69, 9.17) is 9.47 Å². The van der Waals surface area contributed by atoms with Crippen molar-refractivity contribution >= 4 is 22.1 Å². The van der Waals surface area contributed by atoms with Gasteiger partial charge in [-0.2, -0.15) is 0 Å². The van der Waals surface area contributed by atoms with Gasteiger partial charge < -0.3 is 29.2 Å². The largest absolute Gasteiger partial charge is 0.493 e. The number of nitrogens with one attached hydrogen (secondary N) is 2. The number of fused-ring (bicyclic) bond motifs is 2. The van der Waals surface area contributed by atoms with Crippen molar-refractivity contribution in [3.8, 4) is 34.3 Å². The average molecular weight is 549 g/mol. The fourth-order valence-electron chi connectivity index (χ4n) is 4.46. The second-order valence-electron chi connectivity index (χ2n) is 10.4. The maximum absolute atomic E-state index is 15.3. The number of ether oxygens (including phenoxy) is 2. The zero-order valence-corrected chi connectivity index (χ0v) is 23.2. The molecule has 0 spiro atoms. The van der Waals surface area contributed by atoms with Crippen molar-refractivity contribution in [3.63, 3.8) is 0 Å². The molecule has 0 aliphatic carbocycles. The van der Waals surface area contributed by atoms with Crippen molar-refractivity contribution < 1.29 is 18.3 Å². The number of hydrogen-bond acceptors (Lipinski definition) is 6. The Morgan fingerprint density at radius 2 is 1.07 bits per heavy atom. The van der Waals surface area contributed by atoms with Crippen LogP contribution in [0.2, 0.25) is 0 Å². The first-order chi connectivity index (χ1) is 19.3. The first kappa shape index (κ1) is 27.5. The molecule has 0 aliphatic rings.